The quantitative estimate of drug-likeness (QED) is 0.725. The molecule has 2 aromatic rings. The van der Waals surface area contributed by atoms with Crippen LogP contribution >= 0.6 is 11.8 Å². The highest BCUT2D eigenvalue weighted by Crippen LogP contribution is 2.33. The van der Waals surface area contributed by atoms with E-state index in [4.69, 9.17) is 4.74 Å². The van der Waals surface area contributed by atoms with Crippen molar-refractivity contribution < 1.29 is 19.1 Å². The largest absolute Gasteiger partial charge is 0.482 e. The lowest BCUT2D eigenvalue weighted by Gasteiger charge is -2.28. The van der Waals surface area contributed by atoms with Crippen molar-refractivity contribution in [3.05, 3.63) is 53.6 Å². The Morgan fingerprint density at radius 3 is 2.75 bits per heavy atom. The minimum absolute atomic E-state index is 0.0139. The number of hydrogen-bond donors (Lipinski definition) is 1. The Kier molecular flexibility index (Phi) is 6.36. The molecule has 1 heterocycles. The van der Waals surface area contributed by atoms with Gasteiger partial charge in [-0.05, 0) is 49.7 Å². The normalized spacial score (nSPS) is 12.9. The molecule has 0 spiro atoms. The van der Waals surface area contributed by atoms with Gasteiger partial charge in [-0.3, -0.25) is 14.4 Å². The molecule has 1 aliphatic heterocycles. The summed E-state index contributed by atoms with van der Waals surface area (Å²) in [7, 11) is 0. The van der Waals surface area contributed by atoms with Crippen molar-refractivity contribution in [2.75, 3.05) is 34.9 Å². The van der Waals surface area contributed by atoms with Gasteiger partial charge in [0.1, 0.15) is 5.75 Å². The number of carbonyl (C=O) groups is 3. The van der Waals surface area contributed by atoms with E-state index in [-0.39, 0.29) is 35.7 Å². The summed E-state index contributed by atoms with van der Waals surface area (Å²) < 4.78 is 5.42. The third-order valence-electron chi connectivity index (χ3n) is 4.31. The van der Waals surface area contributed by atoms with Crippen molar-refractivity contribution in [2.45, 2.75) is 13.8 Å². The van der Waals surface area contributed by atoms with E-state index in [9.17, 15) is 14.4 Å². The number of nitrogens with zero attached hydrogens (tertiary/aromatic N) is 1. The molecular formula is C21H22N2O4S. The van der Waals surface area contributed by atoms with Crippen LogP contribution in [0.25, 0.3) is 0 Å². The van der Waals surface area contributed by atoms with E-state index in [0.717, 1.165) is 11.3 Å². The topological polar surface area (TPSA) is 75.7 Å². The maximum atomic E-state index is 12.5. The molecule has 146 valence electrons. The Morgan fingerprint density at radius 2 is 2.00 bits per heavy atom. The lowest BCUT2D eigenvalue weighted by atomic mass is 10.1. The minimum atomic E-state index is -0.148. The number of carbonyl (C=O) groups excluding carboxylic acids is 3. The fourth-order valence-electron chi connectivity index (χ4n) is 2.96. The SMILES string of the molecule is CCN1C(=O)COc2ccc(C(=O)CSCC(=O)Nc3cccc(C)c3)cc21. The van der Waals surface area contributed by atoms with Crippen molar-refractivity contribution in [3.63, 3.8) is 0 Å². The summed E-state index contributed by atoms with van der Waals surface area (Å²) in [4.78, 5) is 38.1. The summed E-state index contributed by atoms with van der Waals surface area (Å²) in [6.45, 7) is 4.37. The summed E-state index contributed by atoms with van der Waals surface area (Å²) in [6.07, 6.45) is 0. The molecule has 0 saturated heterocycles. The predicted octanol–water partition coefficient (Wildman–Crippen LogP) is 3.29. The first-order valence-corrected chi connectivity index (χ1v) is 10.2. The molecule has 6 nitrogen and oxygen atoms in total. The van der Waals surface area contributed by atoms with Gasteiger partial charge in [0.2, 0.25) is 5.91 Å². The molecule has 0 aliphatic carbocycles. The van der Waals surface area contributed by atoms with Crippen molar-refractivity contribution in [1.29, 1.82) is 0 Å². The molecule has 0 atom stereocenters. The predicted molar refractivity (Wildman–Crippen MR) is 111 cm³/mol. The zero-order chi connectivity index (χ0) is 20.1. The van der Waals surface area contributed by atoms with E-state index in [1.165, 1.54) is 11.8 Å². The van der Waals surface area contributed by atoms with Gasteiger partial charge < -0.3 is 15.0 Å². The first kappa shape index (κ1) is 19.9. The Morgan fingerprint density at radius 1 is 1.18 bits per heavy atom. The van der Waals surface area contributed by atoms with Crippen molar-refractivity contribution >= 4 is 40.7 Å². The maximum Gasteiger partial charge on any atom is 0.265 e. The van der Waals surface area contributed by atoms with Gasteiger partial charge in [-0.15, -0.1) is 11.8 Å². The number of nitrogens with one attached hydrogen (secondary N) is 1. The maximum absolute atomic E-state index is 12.5. The number of aryl methyl sites for hydroxylation is 1. The van der Waals surface area contributed by atoms with Crippen LogP contribution in [0.2, 0.25) is 0 Å². The zero-order valence-corrected chi connectivity index (χ0v) is 16.7. The average Bonchev–Trinajstić information content (AvgIpc) is 2.67. The minimum Gasteiger partial charge on any atom is -0.482 e. The highest BCUT2D eigenvalue weighted by Gasteiger charge is 2.25. The van der Waals surface area contributed by atoms with Gasteiger partial charge in [0.05, 0.1) is 17.2 Å². The molecule has 28 heavy (non-hydrogen) atoms. The lowest BCUT2D eigenvalue weighted by molar-refractivity contribution is -0.121. The molecule has 2 amide bonds. The second-order valence-corrected chi connectivity index (χ2v) is 7.43. The molecule has 0 bridgehead atoms. The second kappa shape index (κ2) is 8.93. The molecule has 2 aromatic carbocycles. The molecule has 0 fully saturated rings. The van der Waals surface area contributed by atoms with Gasteiger partial charge in [0.25, 0.3) is 5.91 Å². The average molecular weight is 398 g/mol. The van der Waals surface area contributed by atoms with Crippen molar-refractivity contribution in [1.82, 2.24) is 0 Å². The number of amides is 2. The number of anilines is 2. The number of hydrogen-bond acceptors (Lipinski definition) is 5. The number of benzene rings is 2. The highest BCUT2D eigenvalue weighted by molar-refractivity contribution is 8.00. The first-order valence-electron chi connectivity index (χ1n) is 9.02. The van der Waals surface area contributed by atoms with E-state index < -0.39 is 0 Å². The summed E-state index contributed by atoms with van der Waals surface area (Å²) in [5.41, 5.74) is 2.93. The third kappa shape index (κ3) is 4.72. The van der Waals surface area contributed by atoms with Gasteiger partial charge in [-0.1, -0.05) is 12.1 Å². The van der Waals surface area contributed by atoms with Crippen LogP contribution in [0.5, 0.6) is 5.75 Å². The Hall–Kier alpha value is -2.80. The Labute approximate surface area is 168 Å². The van der Waals surface area contributed by atoms with E-state index in [2.05, 4.69) is 5.32 Å². The van der Waals surface area contributed by atoms with Crippen molar-refractivity contribution in [3.8, 4) is 5.75 Å². The van der Waals surface area contributed by atoms with Crippen LogP contribution in [-0.4, -0.2) is 42.3 Å². The first-order chi connectivity index (χ1) is 13.5. The van der Waals surface area contributed by atoms with Crippen LogP contribution in [0.3, 0.4) is 0 Å². The van der Waals surface area contributed by atoms with Crippen LogP contribution in [0.4, 0.5) is 11.4 Å². The smallest absolute Gasteiger partial charge is 0.265 e. The van der Waals surface area contributed by atoms with Crippen molar-refractivity contribution in [2.24, 2.45) is 0 Å². The number of thioether (sulfide) groups is 1. The van der Waals surface area contributed by atoms with E-state index >= 15 is 0 Å². The molecular weight excluding hydrogens is 376 g/mol. The van der Waals surface area contributed by atoms with Crippen LogP contribution in [0, 0.1) is 6.92 Å². The van der Waals surface area contributed by atoms with Crippen LogP contribution in [-0.2, 0) is 9.59 Å². The zero-order valence-electron chi connectivity index (χ0n) is 15.9. The van der Waals surface area contributed by atoms with E-state index in [1.807, 2.05) is 38.1 Å². The fourth-order valence-corrected chi connectivity index (χ4v) is 3.67. The number of likely N-dealkylation sites (N-methyl/N-ethyl adjacent to an activating group) is 1. The van der Waals surface area contributed by atoms with Crippen LogP contribution in [0.15, 0.2) is 42.5 Å². The van der Waals surface area contributed by atoms with E-state index in [1.54, 1.807) is 23.1 Å². The molecule has 0 unspecified atom stereocenters. The standard InChI is InChI=1S/C21H22N2O4S/c1-3-23-17-10-15(7-8-19(17)27-11-21(23)26)18(24)12-28-13-20(25)22-16-6-4-5-14(2)9-16/h4-10H,3,11-13H2,1-2H3,(H,22,25). The van der Waals surface area contributed by atoms with Gasteiger partial charge in [0, 0.05) is 17.8 Å². The summed E-state index contributed by atoms with van der Waals surface area (Å²) in [6, 6.07) is 12.7. The summed E-state index contributed by atoms with van der Waals surface area (Å²) in [5.74, 6) is 0.606. The number of rotatable bonds is 7. The van der Waals surface area contributed by atoms with Crippen LogP contribution < -0.4 is 15.0 Å². The molecule has 0 radical (unpaired) electrons. The molecule has 1 N–H and O–H groups in total. The molecule has 1 aliphatic rings. The monoisotopic (exact) mass is 398 g/mol. The molecule has 7 heteroatoms. The molecule has 0 saturated carbocycles. The Balaban J connectivity index is 1.56. The second-order valence-electron chi connectivity index (χ2n) is 6.44. The van der Waals surface area contributed by atoms with E-state index in [0.29, 0.717) is 23.5 Å². The van der Waals surface area contributed by atoms with Gasteiger partial charge in [0.15, 0.2) is 12.4 Å². The number of ketones is 1. The van der Waals surface area contributed by atoms with Crippen LogP contribution in [0.1, 0.15) is 22.8 Å². The summed E-state index contributed by atoms with van der Waals surface area (Å²) >= 11 is 1.26. The third-order valence-corrected chi connectivity index (χ3v) is 5.24. The number of Topliss-reactive ketones (excluding diaryl/α,β-unsaturated/α-hetero) is 1. The Bertz CT molecular complexity index is 913. The lowest BCUT2D eigenvalue weighted by Crippen LogP contribution is -2.38. The van der Waals surface area contributed by atoms with Gasteiger partial charge >= 0.3 is 0 Å². The van der Waals surface area contributed by atoms with Gasteiger partial charge in [-0.2, -0.15) is 0 Å². The fraction of sp³-hybridized carbons (Fsp3) is 0.286. The molecule has 3 rings (SSSR count). The number of ether oxygens (including phenoxy) is 1. The molecule has 0 aromatic heterocycles. The summed E-state index contributed by atoms with van der Waals surface area (Å²) in [5, 5.41) is 2.82. The van der Waals surface area contributed by atoms with Gasteiger partial charge in [-0.25, -0.2) is 0 Å². The highest BCUT2D eigenvalue weighted by atomic mass is 32.2. The number of fused-ring (bicyclic) bond motifs is 1.